The summed E-state index contributed by atoms with van der Waals surface area (Å²) >= 11 is 0. The third-order valence-corrected chi connectivity index (χ3v) is 6.47. The summed E-state index contributed by atoms with van der Waals surface area (Å²) in [5.74, 6) is -0.0676. The molecule has 2 aliphatic rings. The van der Waals surface area contributed by atoms with E-state index in [2.05, 4.69) is 27.0 Å². The van der Waals surface area contributed by atoms with Gasteiger partial charge in [0.15, 0.2) is 5.82 Å². The Labute approximate surface area is 196 Å². The molecule has 2 fully saturated rings. The maximum absolute atomic E-state index is 13.9. The number of pyridine rings is 1. The number of primary amides is 1. The van der Waals surface area contributed by atoms with E-state index in [4.69, 9.17) is 21.2 Å². The highest BCUT2D eigenvalue weighted by atomic mass is 19.1. The second kappa shape index (κ2) is 9.57. The third kappa shape index (κ3) is 4.56. The van der Waals surface area contributed by atoms with Crippen molar-refractivity contribution in [3.8, 4) is 11.3 Å². The average Bonchev–Trinajstić information content (AvgIpc) is 2.86. The molecule has 34 heavy (non-hydrogen) atoms. The number of amides is 1. The lowest BCUT2D eigenvalue weighted by Crippen LogP contribution is -2.50. The first-order chi connectivity index (χ1) is 16.5. The van der Waals surface area contributed by atoms with Crippen LogP contribution in [0.5, 0.6) is 0 Å². The zero-order chi connectivity index (χ0) is 23.7. The first kappa shape index (κ1) is 22.6. The molecule has 0 radical (unpaired) electrons. The molecule has 4 heterocycles. The van der Waals surface area contributed by atoms with Crippen molar-refractivity contribution in [2.24, 2.45) is 11.5 Å². The monoisotopic (exact) mass is 465 g/mol. The van der Waals surface area contributed by atoms with Crippen molar-refractivity contribution in [2.75, 3.05) is 44.3 Å². The molecule has 5 rings (SSSR count). The maximum Gasteiger partial charge on any atom is 0.251 e. The zero-order valence-corrected chi connectivity index (χ0v) is 18.9. The van der Waals surface area contributed by atoms with Crippen molar-refractivity contribution in [2.45, 2.75) is 25.2 Å². The molecule has 2 saturated heterocycles. The third-order valence-electron chi connectivity index (χ3n) is 6.47. The number of fused-ring (bicyclic) bond motifs is 1. The minimum Gasteiger partial charge on any atom is -0.379 e. The van der Waals surface area contributed by atoms with Gasteiger partial charge in [-0.3, -0.25) is 9.69 Å². The number of rotatable bonds is 5. The molecule has 2 aromatic heterocycles. The van der Waals surface area contributed by atoms with Crippen LogP contribution in [-0.4, -0.2) is 77.4 Å². The van der Waals surface area contributed by atoms with Gasteiger partial charge in [-0.15, -0.1) is 0 Å². The van der Waals surface area contributed by atoms with Gasteiger partial charge in [-0.05, 0) is 18.1 Å². The standard InChI is InChI=1S/C24H28FN7O2/c25-18-5-6-32(13-19(18)26)24-22-21(28-14-29-24)17(23(27)33)11-20(30-22)16-3-1-15(2-4-16)12-31-7-9-34-10-8-31/h1-4,11,14,18-19H,5-10,12-13,26H2,(H2,27,33)/t18-,19+/m1/s1. The van der Waals surface area contributed by atoms with Crippen LogP contribution in [0.4, 0.5) is 10.2 Å². The molecule has 3 aromatic rings. The Morgan fingerprint density at radius 1 is 1.12 bits per heavy atom. The molecular formula is C24H28FN7O2. The molecule has 4 N–H and O–H groups in total. The normalized spacial score (nSPS) is 21.6. The highest BCUT2D eigenvalue weighted by Gasteiger charge is 2.29. The molecule has 0 bridgehead atoms. The number of alkyl halides is 1. The Kier molecular flexibility index (Phi) is 6.36. The summed E-state index contributed by atoms with van der Waals surface area (Å²) in [4.78, 5) is 30.1. The van der Waals surface area contributed by atoms with Crippen LogP contribution in [-0.2, 0) is 11.3 Å². The minimum absolute atomic E-state index is 0.269. The van der Waals surface area contributed by atoms with Gasteiger partial charge in [0, 0.05) is 38.3 Å². The molecular weight excluding hydrogens is 437 g/mol. The Balaban J connectivity index is 1.50. The Morgan fingerprint density at radius 3 is 2.59 bits per heavy atom. The van der Waals surface area contributed by atoms with Crippen LogP contribution in [0.2, 0.25) is 0 Å². The van der Waals surface area contributed by atoms with Crippen LogP contribution in [0.25, 0.3) is 22.3 Å². The summed E-state index contributed by atoms with van der Waals surface area (Å²) in [6, 6.07) is 9.16. The van der Waals surface area contributed by atoms with E-state index in [9.17, 15) is 9.18 Å². The average molecular weight is 466 g/mol. The van der Waals surface area contributed by atoms with E-state index >= 15 is 0 Å². The molecule has 9 nitrogen and oxygen atoms in total. The van der Waals surface area contributed by atoms with Gasteiger partial charge >= 0.3 is 0 Å². The number of halogens is 1. The van der Waals surface area contributed by atoms with E-state index in [1.54, 1.807) is 6.07 Å². The summed E-state index contributed by atoms with van der Waals surface area (Å²) in [7, 11) is 0. The van der Waals surface area contributed by atoms with Crippen LogP contribution in [0.1, 0.15) is 22.3 Å². The van der Waals surface area contributed by atoms with Crippen LogP contribution in [0.15, 0.2) is 36.7 Å². The molecule has 1 aromatic carbocycles. The molecule has 10 heteroatoms. The first-order valence-electron chi connectivity index (χ1n) is 11.5. The van der Waals surface area contributed by atoms with Crippen molar-refractivity contribution in [1.82, 2.24) is 19.9 Å². The summed E-state index contributed by atoms with van der Waals surface area (Å²) in [5, 5.41) is 0. The number of hydrogen-bond donors (Lipinski definition) is 2. The van der Waals surface area contributed by atoms with Crippen molar-refractivity contribution in [3.63, 3.8) is 0 Å². The van der Waals surface area contributed by atoms with Crippen molar-refractivity contribution in [3.05, 3.63) is 47.8 Å². The van der Waals surface area contributed by atoms with Crippen molar-refractivity contribution in [1.29, 1.82) is 0 Å². The van der Waals surface area contributed by atoms with Crippen LogP contribution >= 0.6 is 0 Å². The fourth-order valence-corrected chi connectivity index (χ4v) is 4.54. The van der Waals surface area contributed by atoms with E-state index in [0.717, 1.165) is 38.4 Å². The highest BCUT2D eigenvalue weighted by molar-refractivity contribution is 6.07. The van der Waals surface area contributed by atoms with Gasteiger partial charge in [-0.2, -0.15) is 0 Å². The predicted molar refractivity (Wildman–Crippen MR) is 127 cm³/mol. The fraction of sp³-hybridized carbons (Fsp3) is 0.417. The van der Waals surface area contributed by atoms with E-state index in [1.807, 2.05) is 17.0 Å². The SMILES string of the molecule is NC(=O)c1cc(-c2ccc(CN3CCOCC3)cc2)nc2c(N3CC[C@@H](F)[C@@H](N)C3)ncnc12. The predicted octanol–water partition coefficient (Wildman–Crippen LogP) is 1.50. The van der Waals surface area contributed by atoms with Crippen molar-refractivity contribution >= 4 is 22.8 Å². The summed E-state index contributed by atoms with van der Waals surface area (Å²) in [6.07, 6.45) is 0.628. The van der Waals surface area contributed by atoms with E-state index in [-0.39, 0.29) is 5.56 Å². The van der Waals surface area contributed by atoms with Gasteiger partial charge in [-0.25, -0.2) is 19.3 Å². The molecule has 0 saturated carbocycles. The molecule has 0 aliphatic carbocycles. The van der Waals surface area contributed by atoms with Gasteiger partial charge in [0.2, 0.25) is 0 Å². The Morgan fingerprint density at radius 2 is 1.88 bits per heavy atom. The Hall–Kier alpha value is -3.21. The van der Waals surface area contributed by atoms with Gasteiger partial charge in [0.05, 0.1) is 30.5 Å². The lowest BCUT2D eigenvalue weighted by molar-refractivity contribution is 0.0342. The molecule has 2 aliphatic heterocycles. The summed E-state index contributed by atoms with van der Waals surface area (Å²) in [5.41, 5.74) is 15.4. The van der Waals surface area contributed by atoms with E-state index in [0.29, 0.717) is 42.1 Å². The first-order valence-corrected chi connectivity index (χ1v) is 11.5. The second-order valence-electron chi connectivity index (χ2n) is 8.81. The number of anilines is 1. The lowest BCUT2D eigenvalue weighted by Gasteiger charge is -2.34. The smallest absolute Gasteiger partial charge is 0.251 e. The molecule has 0 spiro atoms. The summed E-state index contributed by atoms with van der Waals surface area (Å²) in [6.45, 7) is 4.96. The number of hydrogen-bond acceptors (Lipinski definition) is 8. The number of nitrogens with two attached hydrogens (primary N) is 2. The number of carbonyl (C=O) groups is 1. The number of nitrogens with zero attached hydrogens (tertiary/aromatic N) is 5. The molecule has 1 amide bonds. The highest BCUT2D eigenvalue weighted by Crippen LogP contribution is 2.30. The van der Waals surface area contributed by atoms with Crippen LogP contribution in [0, 0.1) is 0 Å². The van der Waals surface area contributed by atoms with Gasteiger partial charge in [0.25, 0.3) is 5.91 Å². The maximum atomic E-state index is 13.9. The number of carbonyl (C=O) groups excluding carboxylic acids is 1. The number of aromatic nitrogens is 3. The largest absolute Gasteiger partial charge is 0.379 e. The van der Waals surface area contributed by atoms with Crippen LogP contribution in [0.3, 0.4) is 0 Å². The minimum atomic E-state index is -1.05. The fourth-order valence-electron chi connectivity index (χ4n) is 4.54. The molecule has 178 valence electrons. The second-order valence-corrected chi connectivity index (χ2v) is 8.81. The van der Waals surface area contributed by atoms with Gasteiger partial charge < -0.3 is 21.1 Å². The molecule has 0 unspecified atom stereocenters. The topological polar surface area (TPSA) is 123 Å². The Bertz CT molecular complexity index is 1180. The van der Waals surface area contributed by atoms with Crippen molar-refractivity contribution < 1.29 is 13.9 Å². The van der Waals surface area contributed by atoms with Crippen LogP contribution < -0.4 is 16.4 Å². The van der Waals surface area contributed by atoms with Gasteiger partial charge in [-0.1, -0.05) is 24.3 Å². The lowest BCUT2D eigenvalue weighted by atomic mass is 10.0. The number of piperidine rings is 1. The number of morpholine rings is 1. The quantitative estimate of drug-likeness (QED) is 0.581. The number of ether oxygens (including phenoxy) is 1. The molecule has 2 atom stereocenters. The van der Waals surface area contributed by atoms with E-state index < -0.39 is 18.1 Å². The number of benzene rings is 1. The zero-order valence-electron chi connectivity index (χ0n) is 18.9. The van der Waals surface area contributed by atoms with E-state index in [1.165, 1.54) is 11.9 Å². The summed E-state index contributed by atoms with van der Waals surface area (Å²) < 4.78 is 19.4. The van der Waals surface area contributed by atoms with Gasteiger partial charge in [0.1, 0.15) is 23.5 Å².